The summed E-state index contributed by atoms with van der Waals surface area (Å²) >= 11 is 0. The minimum atomic E-state index is 0.00316. The van der Waals surface area contributed by atoms with E-state index in [-0.39, 0.29) is 5.91 Å². The van der Waals surface area contributed by atoms with Gasteiger partial charge in [-0.15, -0.1) is 0 Å². The molecule has 6 heteroatoms. The van der Waals surface area contributed by atoms with Crippen molar-refractivity contribution in [2.45, 2.75) is 27.4 Å². The highest BCUT2D eigenvalue weighted by molar-refractivity contribution is 6.01. The first-order valence-electron chi connectivity index (χ1n) is 11.7. The van der Waals surface area contributed by atoms with Crippen molar-refractivity contribution in [1.29, 1.82) is 0 Å². The summed E-state index contributed by atoms with van der Waals surface area (Å²) in [6, 6.07) is 20.5. The van der Waals surface area contributed by atoms with Gasteiger partial charge >= 0.3 is 0 Å². The number of aryl methyl sites for hydroxylation is 3. The van der Waals surface area contributed by atoms with E-state index in [1.807, 2.05) is 55.1 Å². The highest BCUT2D eigenvalue weighted by atomic mass is 16.5. The predicted octanol–water partition coefficient (Wildman–Crippen LogP) is 5.29. The Morgan fingerprint density at radius 1 is 0.941 bits per heavy atom. The van der Waals surface area contributed by atoms with Crippen molar-refractivity contribution in [3.63, 3.8) is 0 Å². The van der Waals surface area contributed by atoms with E-state index in [0.29, 0.717) is 31.0 Å². The van der Waals surface area contributed by atoms with Crippen LogP contribution in [0.1, 0.15) is 32.9 Å². The van der Waals surface area contributed by atoms with Crippen molar-refractivity contribution < 1.29 is 14.1 Å². The van der Waals surface area contributed by atoms with Gasteiger partial charge in [-0.25, -0.2) is 0 Å². The molecule has 34 heavy (non-hydrogen) atoms. The Balaban J connectivity index is 1.38. The van der Waals surface area contributed by atoms with Crippen LogP contribution in [0, 0.1) is 20.8 Å². The van der Waals surface area contributed by atoms with Crippen LogP contribution in [0.5, 0.6) is 5.75 Å². The van der Waals surface area contributed by atoms with E-state index in [0.717, 1.165) is 40.9 Å². The van der Waals surface area contributed by atoms with Gasteiger partial charge < -0.3 is 19.1 Å². The highest BCUT2D eigenvalue weighted by Gasteiger charge is 2.25. The smallest absolute Gasteiger partial charge is 0.257 e. The van der Waals surface area contributed by atoms with E-state index < -0.39 is 0 Å². The number of piperazine rings is 1. The Hall–Kier alpha value is -3.80. The van der Waals surface area contributed by atoms with Crippen LogP contribution in [0.3, 0.4) is 0 Å². The van der Waals surface area contributed by atoms with Crippen LogP contribution in [-0.4, -0.2) is 42.1 Å². The topological polar surface area (TPSA) is 58.8 Å². The molecule has 0 aliphatic carbocycles. The predicted molar refractivity (Wildman–Crippen MR) is 134 cm³/mol. The summed E-state index contributed by atoms with van der Waals surface area (Å²) < 4.78 is 11.5. The van der Waals surface area contributed by atoms with E-state index in [1.165, 1.54) is 11.3 Å². The van der Waals surface area contributed by atoms with E-state index in [4.69, 9.17) is 9.26 Å². The summed E-state index contributed by atoms with van der Waals surface area (Å²) in [7, 11) is 0. The molecule has 0 N–H and O–H groups in total. The van der Waals surface area contributed by atoms with Crippen molar-refractivity contribution in [2.75, 3.05) is 31.1 Å². The molecule has 2 heterocycles. The van der Waals surface area contributed by atoms with Gasteiger partial charge in [-0.05, 0) is 61.4 Å². The molecular weight excluding hydrogens is 426 g/mol. The Kier molecular flexibility index (Phi) is 5.97. The molecule has 1 fully saturated rings. The van der Waals surface area contributed by atoms with Gasteiger partial charge in [0.1, 0.15) is 18.1 Å². The molecule has 1 aromatic heterocycles. The third-order valence-corrected chi connectivity index (χ3v) is 6.57. The van der Waals surface area contributed by atoms with Crippen LogP contribution in [0.15, 0.2) is 65.2 Å². The summed E-state index contributed by atoms with van der Waals surface area (Å²) in [5, 5.41) is 6.07. The number of amides is 1. The van der Waals surface area contributed by atoms with Gasteiger partial charge in [-0.2, -0.15) is 0 Å². The van der Waals surface area contributed by atoms with Crippen molar-refractivity contribution in [2.24, 2.45) is 0 Å². The third-order valence-electron chi connectivity index (χ3n) is 6.57. The number of rotatable bonds is 5. The lowest BCUT2D eigenvalue weighted by Gasteiger charge is -2.36. The van der Waals surface area contributed by atoms with Gasteiger partial charge in [0.2, 0.25) is 0 Å². The molecule has 5 rings (SSSR count). The zero-order chi connectivity index (χ0) is 23.7. The maximum absolute atomic E-state index is 13.7. The van der Waals surface area contributed by atoms with E-state index >= 15 is 0 Å². The lowest BCUT2D eigenvalue weighted by molar-refractivity contribution is 0.0742. The second-order valence-electron chi connectivity index (χ2n) is 8.91. The van der Waals surface area contributed by atoms with E-state index in [2.05, 4.69) is 41.2 Å². The van der Waals surface area contributed by atoms with E-state index in [1.54, 1.807) is 0 Å². The molecule has 1 amide bonds. The Morgan fingerprint density at radius 2 is 1.68 bits per heavy atom. The van der Waals surface area contributed by atoms with Crippen molar-refractivity contribution in [1.82, 2.24) is 10.1 Å². The first-order valence-corrected chi connectivity index (χ1v) is 11.7. The number of carbonyl (C=O) groups excluding carboxylic acids is 1. The van der Waals surface area contributed by atoms with Crippen LogP contribution in [-0.2, 0) is 6.61 Å². The quantitative estimate of drug-likeness (QED) is 0.409. The molecule has 0 spiro atoms. The molecule has 0 bridgehead atoms. The number of benzene rings is 3. The number of ether oxygens (including phenoxy) is 1. The maximum Gasteiger partial charge on any atom is 0.257 e. The van der Waals surface area contributed by atoms with Gasteiger partial charge in [0.05, 0.1) is 16.8 Å². The van der Waals surface area contributed by atoms with Gasteiger partial charge in [-0.3, -0.25) is 4.79 Å². The standard InChI is InChI=1S/C28H29N3O3/c1-19-7-6-10-24(15-19)30-11-13-31(14-12-30)28(32)25-16-22-8-4-5-9-23(22)17-27(25)33-18-26-20(2)29-34-21(26)3/h4-10,15-17H,11-14,18H2,1-3H3. The lowest BCUT2D eigenvalue weighted by Crippen LogP contribution is -2.48. The fourth-order valence-corrected chi connectivity index (χ4v) is 4.53. The SMILES string of the molecule is Cc1cccc(N2CCN(C(=O)c3cc4ccccc4cc3OCc3c(C)noc3C)CC2)c1. The molecule has 4 aromatic rings. The molecular formula is C28H29N3O3. The average Bonchev–Trinajstić information content (AvgIpc) is 3.18. The summed E-state index contributed by atoms with van der Waals surface area (Å²) in [4.78, 5) is 17.9. The van der Waals surface area contributed by atoms with Crippen LogP contribution >= 0.6 is 0 Å². The molecule has 1 saturated heterocycles. The minimum Gasteiger partial charge on any atom is -0.488 e. The van der Waals surface area contributed by atoms with Gasteiger partial charge in [0.15, 0.2) is 0 Å². The third kappa shape index (κ3) is 4.36. The summed E-state index contributed by atoms with van der Waals surface area (Å²) in [5.74, 6) is 1.33. The Labute approximate surface area is 199 Å². The fourth-order valence-electron chi connectivity index (χ4n) is 4.53. The van der Waals surface area contributed by atoms with Crippen molar-refractivity contribution in [3.8, 4) is 5.75 Å². The Morgan fingerprint density at radius 3 is 2.35 bits per heavy atom. The monoisotopic (exact) mass is 455 g/mol. The zero-order valence-corrected chi connectivity index (χ0v) is 19.9. The van der Waals surface area contributed by atoms with Gasteiger partial charge in [-0.1, -0.05) is 41.6 Å². The number of carbonyl (C=O) groups is 1. The minimum absolute atomic E-state index is 0.00316. The van der Waals surface area contributed by atoms with Crippen LogP contribution in [0.4, 0.5) is 5.69 Å². The summed E-state index contributed by atoms with van der Waals surface area (Å²) in [5.41, 5.74) is 4.76. The first-order chi connectivity index (χ1) is 16.5. The van der Waals surface area contributed by atoms with Crippen molar-refractivity contribution >= 4 is 22.4 Å². The molecule has 0 atom stereocenters. The van der Waals surface area contributed by atoms with Crippen LogP contribution in [0.2, 0.25) is 0 Å². The molecule has 3 aromatic carbocycles. The van der Waals surface area contributed by atoms with Crippen LogP contribution < -0.4 is 9.64 Å². The molecule has 1 aliphatic rings. The molecule has 0 saturated carbocycles. The molecule has 0 radical (unpaired) electrons. The summed E-state index contributed by atoms with van der Waals surface area (Å²) in [6.07, 6.45) is 0. The average molecular weight is 456 g/mol. The number of fused-ring (bicyclic) bond motifs is 1. The second kappa shape index (κ2) is 9.21. The Bertz CT molecular complexity index is 1320. The summed E-state index contributed by atoms with van der Waals surface area (Å²) in [6.45, 7) is 9.13. The number of hydrogen-bond acceptors (Lipinski definition) is 5. The second-order valence-corrected chi connectivity index (χ2v) is 8.91. The largest absolute Gasteiger partial charge is 0.488 e. The van der Waals surface area contributed by atoms with Crippen LogP contribution in [0.25, 0.3) is 10.8 Å². The fraction of sp³-hybridized carbons (Fsp3) is 0.286. The van der Waals surface area contributed by atoms with E-state index in [9.17, 15) is 4.79 Å². The molecule has 174 valence electrons. The van der Waals surface area contributed by atoms with Gasteiger partial charge in [0, 0.05) is 31.9 Å². The number of nitrogens with zero attached hydrogens (tertiary/aromatic N) is 3. The lowest BCUT2D eigenvalue weighted by atomic mass is 10.0. The zero-order valence-electron chi connectivity index (χ0n) is 19.9. The first kappa shape index (κ1) is 22.0. The normalized spacial score (nSPS) is 14.0. The highest BCUT2D eigenvalue weighted by Crippen LogP contribution is 2.29. The molecule has 1 aliphatic heterocycles. The maximum atomic E-state index is 13.7. The molecule has 6 nitrogen and oxygen atoms in total. The number of aromatic nitrogens is 1. The molecule has 0 unspecified atom stereocenters. The number of anilines is 1. The number of hydrogen-bond donors (Lipinski definition) is 0. The van der Waals surface area contributed by atoms with Gasteiger partial charge in [0.25, 0.3) is 5.91 Å². The van der Waals surface area contributed by atoms with Crippen molar-refractivity contribution in [3.05, 3.63) is 88.8 Å².